The molecular formula is C17H15NO5. The number of benzene rings is 2. The van der Waals surface area contributed by atoms with Crippen LogP contribution in [0.15, 0.2) is 48.5 Å². The van der Waals surface area contributed by atoms with Crippen LogP contribution >= 0.6 is 0 Å². The highest BCUT2D eigenvalue weighted by Crippen LogP contribution is 2.38. The summed E-state index contributed by atoms with van der Waals surface area (Å²) in [7, 11) is 1.53. The molecule has 3 rings (SSSR count). The average molecular weight is 313 g/mol. The summed E-state index contributed by atoms with van der Waals surface area (Å²) >= 11 is 0. The number of fused-ring (bicyclic) bond motifs is 1. The molecule has 6 heteroatoms. The van der Waals surface area contributed by atoms with Crippen molar-refractivity contribution < 1.29 is 24.2 Å². The van der Waals surface area contributed by atoms with Crippen LogP contribution < -0.4 is 14.8 Å². The molecule has 2 aromatic rings. The number of rotatable bonds is 4. The molecule has 6 nitrogen and oxygen atoms in total. The first-order valence-corrected chi connectivity index (χ1v) is 7.01. The number of methoxy groups -OCH3 is 1. The van der Waals surface area contributed by atoms with Crippen molar-refractivity contribution >= 4 is 17.6 Å². The molecule has 0 saturated carbocycles. The second-order valence-electron chi connectivity index (χ2n) is 5.19. The van der Waals surface area contributed by atoms with Crippen molar-refractivity contribution in [2.45, 2.75) is 12.0 Å². The number of ether oxygens (including phenoxy) is 2. The van der Waals surface area contributed by atoms with Gasteiger partial charge in [0.15, 0.2) is 5.60 Å². The number of anilines is 1. The molecule has 1 aliphatic heterocycles. The van der Waals surface area contributed by atoms with E-state index in [-0.39, 0.29) is 0 Å². The van der Waals surface area contributed by atoms with Crippen LogP contribution in [0.3, 0.4) is 0 Å². The van der Waals surface area contributed by atoms with E-state index in [1.807, 2.05) is 0 Å². The first-order valence-electron chi connectivity index (χ1n) is 7.01. The standard InChI is InChI=1S/C17H15NO5/c1-22-11-6-8-12(9-7-11)23-15(19)10-17(21)13-4-2-3-5-14(13)18-16(17)20/h2-9,21H,10H2,1H3,(H,18,20)/t17-/m1/s1. The van der Waals surface area contributed by atoms with E-state index >= 15 is 0 Å². The fourth-order valence-electron chi connectivity index (χ4n) is 2.50. The number of hydrogen-bond acceptors (Lipinski definition) is 5. The third-order valence-electron chi connectivity index (χ3n) is 3.69. The summed E-state index contributed by atoms with van der Waals surface area (Å²) in [6, 6.07) is 13.1. The molecule has 23 heavy (non-hydrogen) atoms. The molecule has 0 bridgehead atoms. The van der Waals surface area contributed by atoms with Gasteiger partial charge in [-0.15, -0.1) is 0 Å². The van der Waals surface area contributed by atoms with Crippen molar-refractivity contribution in [2.24, 2.45) is 0 Å². The molecule has 1 atom stereocenters. The van der Waals surface area contributed by atoms with Crippen molar-refractivity contribution in [1.29, 1.82) is 0 Å². The number of para-hydroxylation sites is 1. The van der Waals surface area contributed by atoms with E-state index in [2.05, 4.69) is 5.32 Å². The van der Waals surface area contributed by atoms with Crippen LogP contribution in [0.4, 0.5) is 5.69 Å². The van der Waals surface area contributed by atoms with Crippen molar-refractivity contribution in [3.8, 4) is 11.5 Å². The quantitative estimate of drug-likeness (QED) is 0.664. The summed E-state index contributed by atoms with van der Waals surface area (Å²) in [6.07, 6.45) is -0.470. The summed E-state index contributed by atoms with van der Waals surface area (Å²) in [5.41, 5.74) is -1.05. The van der Waals surface area contributed by atoms with Gasteiger partial charge in [0.05, 0.1) is 13.5 Å². The predicted octanol–water partition coefficient (Wildman–Crippen LogP) is 1.83. The smallest absolute Gasteiger partial charge is 0.315 e. The van der Waals surface area contributed by atoms with Gasteiger partial charge in [-0.05, 0) is 30.3 Å². The van der Waals surface area contributed by atoms with E-state index in [9.17, 15) is 14.7 Å². The highest BCUT2D eigenvalue weighted by Gasteiger charge is 2.47. The monoisotopic (exact) mass is 313 g/mol. The number of carbonyl (C=O) groups excluding carboxylic acids is 2. The summed E-state index contributed by atoms with van der Waals surface area (Å²) in [5.74, 6) is -0.395. The highest BCUT2D eigenvalue weighted by atomic mass is 16.5. The van der Waals surface area contributed by atoms with Gasteiger partial charge >= 0.3 is 5.97 Å². The summed E-state index contributed by atoms with van der Waals surface area (Å²) in [4.78, 5) is 24.1. The van der Waals surface area contributed by atoms with E-state index < -0.39 is 23.9 Å². The van der Waals surface area contributed by atoms with E-state index in [0.29, 0.717) is 22.7 Å². The number of aliphatic hydroxyl groups is 1. The Kier molecular flexibility index (Phi) is 3.75. The molecule has 0 aromatic heterocycles. The minimum Gasteiger partial charge on any atom is -0.497 e. The fourth-order valence-corrected chi connectivity index (χ4v) is 2.50. The van der Waals surface area contributed by atoms with Crippen LogP contribution in [-0.2, 0) is 15.2 Å². The molecule has 1 amide bonds. The lowest BCUT2D eigenvalue weighted by atomic mass is 9.92. The van der Waals surface area contributed by atoms with Gasteiger partial charge in [-0.1, -0.05) is 18.2 Å². The van der Waals surface area contributed by atoms with Crippen LogP contribution in [0.5, 0.6) is 11.5 Å². The second-order valence-corrected chi connectivity index (χ2v) is 5.19. The normalized spacial score (nSPS) is 19.0. The Labute approximate surface area is 132 Å². The molecular weight excluding hydrogens is 298 g/mol. The van der Waals surface area contributed by atoms with Crippen LogP contribution in [0, 0.1) is 0 Å². The number of esters is 1. The zero-order valence-corrected chi connectivity index (χ0v) is 12.4. The summed E-state index contributed by atoms with van der Waals surface area (Å²) in [6.45, 7) is 0. The molecule has 1 heterocycles. The van der Waals surface area contributed by atoms with E-state index in [1.54, 1.807) is 48.5 Å². The summed E-state index contributed by atoms with van der Waals surface area (Å²) in [5, 5.41) is 13.2. The Hall–Kier alpha value is -2.86. The summed E-state index contributed by atoms with van der Waals surface area (Å²) < 4.78 is 10.2. The lowest BCUT2D eigenvalue weighted by Crippen LogP contribution is -2.37. The molecule has 2 N–H and O–H groups in total. The van der Waals surface area contributed by atoms with Gasteiger partial charge in [0.1, 0.15) is 11.5 Å². The molecule has 0 saturated heterocycles. The molecule has 2 aromatic carbocycles. The van der Waals surface area contributed by atoms with Gasteiger partial charge in [0, 0.05) is 11.3 Å². The maximum absolute atomic E-state index is 12.1. The molecule has 1 aliphatic rings. The third-order valence-corrected chi connectivity index (χ3v) is 3.69. The number of carbonyl (C=O) groups is 2. The Morgan fingerprint density at radius 1 is 1.13 bits per heavy atom. The number of nitrogens with one attached hydrogen (secondary N) is 1. The van der Waals surface area contributed by atoms with Crippen LogP contribution in [0.25, 0.3) is 0 Å². The number of amides is 1. The Balaban J connectivity index is 1.75. The molecule has 118 valence electrons. The van der Waals surface area contributed by atoms with Gasteiger partial charge in [0.2, 0.25) is 0 Å². The van der Waals surface area contributed by atoms with Crippen LogP contribution in [0.1, 0.15) is 12.0 Å². The van der Waals surface area contributed by atoms with Gasteiger partial charge in [0.25, 0.3) is 5.91 Å². The third kappa shape index (κ3) is 2.76. The lowest BCUT2D eigenvalue weighted by molar-refractivity contribution is -0.147. The van der Waals surface area contributed by atoms with Crippen molar-refractivity contribution in [3.63, 3.8) is 0 Å². The van der Waals surface area contributed by atoms with Crippen molar-refractivity contribution in [2.75, 3.05) is 12.4 Å². The first kappa shape index (κ1) is 15.1. The lowest BCUT2D eigenvalue weighted by Gasteiger charge is -2.19. The molecule has 0 unspecified atom stereocenters. The Bertz CT molecular complexity index is 756. The second kappa shape index (κ2) is 5.73. The predicted molar refractivity (Wildman–Crippen MR) is 82.2 cm³/mol. The van der Waals surface area contributed by atoms with Gasteiger partial charge in [-0.3, -0.25) is 9.59 Å². The zero-order valence-electron chi connectivity index (χ0n) is 12.4. The fraction of sp³-hybridized carbons (Fsp3) is 0.176. The maximum atomic E-state index is 12.1. The SMILES string of the molecule is COc1ccc(OC(=O)C[C@]2(O)C(=O)Nc3ccccc32)cc1. The Morgan fingerprint density at radius 2 is 1.78 bits per heavy atom. The van der Waals surface area contributed by atoms with E-state index in [4.69, 9.17) is 9.47 Å². The zero-order chi connectivity index (χ0) is 16.4. The van der Waals surface area contributed by atoms with E-state index in [0.717, 1.165) is 0 Å². The maximum Gasteiger partial charge on any atom is 0.315 e. The van der Waals surface area contributed by atoms with Crippen molar-refractivity contribution in [3.05, 3.63) is 54.1 Å². The van der Waals surface area contributed by atoms with Crippen LogP contribution in [-0.4, -0.2) is 24.1 Å². The molecule has 0 aliphatic carbocycles. The van der Waals surface area contributed by atoms with Crippen molar-refractivity contribution in [1.82, 2.24) is 0 Å². The minimum atomic E-state index is -1.92. The van der Waals surface area contributed by atoms with Gasteiger partial charge < -0.3 is 19.9 Å². The van der Waals surface area contributed by atoms with E-state index in [1.165, 1.54) is 7.11 Å². The average Bonchev–Trinajstić information content (AvgIpc) is 2.79. The largest absolute Gasteiger partial charge is 0.497 e. The van der Waals surface area contributed by atoms with Crippen LogP contribution in [0.2, 0.25) is 0 Å². The molecule has 0 radical (unpaired) electrons. The molecule has 0 fully saturated rings. The topological polar surface area (TPSA) is 84.9 Å². The minimum absolute atomic E-state index is 0.311. The number of hydrogen-bond donors (Lipinski definition) is 2. The first-order chi connectivity index (χ1) is 11.0. The Morgan fingerprint density at radius 3 is 2.48 bits per heavy atom. The highest BCUT2D eigenvalue weighted by molar-refractivity contribution is 6.06. The van der Waals surface area contributed by atoms with Gasteiger partial charge in [-0.25, -0.2) is 0 Å². The van der Waals surface area contributed by atoms with Gasteiger partial charge in [-0.2, -0.15) is 0 Å². The molecule has 0 spiro atoms.